The molecule has 1 aromatic carbocycles. The van der Waals surface area contributed by atoms with Crippen LogP contribution in [0.2, 0.25) is 5.02 Å². The number of benzene rings is 1. The van der Waals surface area contributed by atoms with Crippen molar-refractivity contribution < 1.29 is 9.59 Å². The molecule has 0 radical (unpaired) electrons. The number of nitrogens with two attached hydrogens (primary N) is 2. The molecule has 2 unspecified atom stereocenters. The fourth-order valence-corrected chi connectivity index (χ4v) is 3.44. The number of nitrogens with one attached hydrogen (secondary N) is 1. The van der Waals surface area contributed by atoms with Crippen LogP contribution in [0, 0.1) is 5.92 Å². The van der Waals surface area contributed by atoms with Crippen LogP contribution in [0.5, 0.6) is 0 Å². The molecular weight excluding hydrogens is 314 g/mol. The zero-order chi connectivity index (χ0) is 17.0. The lowest BCUT2D eigenvalue weighted by atomic mass is 9.74. The summed E-state index contributed by atoms with van der Waals surface area (Å²) in [4.78, 5) is 24.1. The van der Waals surface area contributed by atoms with Gasteiger partial charge >= 0.3 is 0 Å². The molecular formula is C17H24ClN3O2. The summed E-state index contributed by atoms with van der Waals surface area (Å²) in [6.07, 6.45) is 3.64. The van der Waals surface area contributed by atoms with Crippen LogP contribution < -0.4 is 16.8 Å². The summed E-state index contributed by atoms with van der Waals surface area (Å²) in [5, 5.41) is 3.49. The quantitative estimate of drug-likeness (QED) is 0.768. The van der Waals surface area contributed by atoms with E-state index in [1.54, 1.807) is 18.2 Å². The molecule has 23 heavy (non-hydrogen) atoms. The highest BCUT2D eigenvalue weighted by Crippen LogP contribution is 2.32. The first kappa shape index (κ1) is 17.8. The number of halogens is 1. The lowest BCUT2D eigenvalue weighted by Crippen LogP contribution is -2.53. The molecule has 2 rings (SSSR count). The topological polar surface area (TPSA) is 98.2 Å². The minimum Gasteiger partial charge on any atom is -0.370 e. The van der Waals surface area contributed by atoms with Crippen molar-refractivity contribution >= 4 is 23.4 Å². The predicted octanol–water partition coefficient (Wildman–Crippen LogP) is 2.28. The molecule has 0 heterocycles. The van der Waals surface area contributed by atoms with Crippen LogP contribution in [0.4, 0.5) is 0 Å². The fraction of sp³-hybridized carbons (Fsp3) is 0.529. The highest BCUT2D eigenvalue weighted by atomic mass is 35.5. The molecule has 0 spiro atoms. The monoisotopic (exact) mass is 337 g/mol. The molecule has 0 saturated heterocycles. The maximum atomic E-state index is 12.7. The minimum absolute atomic E-state index is 0.0279. The van der Waals surface area contributed by atoms with Crippen LogP contribution in [0.25, 0.3) is 0 Å². The maximum Gasteiger partial charge on any atom is 0.225 e. The predicted molar refractivity (Wildman–Crippen MR) is 90.7 cm³/mol. The van der Waals surface area contributed by atoms with E-state index in [4.69, 9.17) is 23.1 Å². The van der Waals surface area contributed by atoms with Gasteiger partial charge in [-0.05, 0) is 37.5 Å². The van der Waals surface area contributed by atoms with Gasteiger partial charge in [-0.2, -0.15) is 0 Å². The molecule has 0 aliphatic heterocycles. The third-order valence-corrected chi connectivity index (χ3v) is 4.78. The van der Waals surface area contributed by atoms with E-state index in [0.717, 1.165) is 31.2 Å². The SMILES string of the molecule is CC1(N)CCCCC1C(=O)N[C@H](CC(N)=O)c1cccc(Cl)c1. The first-order valence-corrected chi connectivity index (χ1v) is 8.30. The molecule has 2 amide bonds. The molecule has 5 N–H and O–H groups in total. The summed E-state index contributed by atoms with van der Waals surface area (Å²) in [5.74, 6) is -0.860. The van der Waals surface area contributed by atoms with Gasteiger partial charge in [0.05, 0.1) is 18.4 Å². The lowest BCUT2D eigenvalue weighted by Gasteiger charge is -2.38. The van der Waals surface area contributed by atoms with Crippen LogP contribution in [0.3, 0.4) is 0 Å². The van der Waals surface area contributed by atoms with E-state index in [0.29, 0.717) is 5.02 Å². The number of hydrogen-bond donors (Lipinski definition) is 3. The fourth-order valence-electron chi connectivity index (χ4n) is 3.24. The van der Waals surface area contributed by atoms with Crippen LogP contribution in [0.1, 0.15) is 50.6 Å². The normalized spacial score (nSPS) is 25.6. The zero-order valence-corrected chi connectivity index (χ0v) is 14.1. The molecule has 126 valence electrons. The Kier molecular flexibility index (Phi) is 5.65. The lowest BCUT2D eigenvalue weighted by molar-refractivity contribution is -0.129. The third-order valence-electron chi connectivity index (χ3n) is 4.54. The van der Waals surface area contributed by atoms with Crippen molar-refractivity contribution in [2.45, 2.75) is 50.6 Å². The van der Waals surface area contributed by atoms with E-state index in [1.165, 1.54) is 0 Å². The van der Waals surface area contributed by atoms with Crippen LogP contribution in [0.15, 0.2) is 24.3 Å². The van der Waals surface area contributed by atoms with Gasteiger partial charge in [-0.1, -0.05) is 36.6 Å². The van der Waals surface area contributed by atoms with E-state index < -0.39 is 17.5 Å². The standard InChI is InChI=1S/C17H24ClN3O2/c1-17(20)8-3-2-7-13(17)16(23)21-14(10-15(19)22)11-5-4-6-12(18)9-11/h4-6,9,13-14H,2-3,7-8,10,20H2,1H3,(H2,19,22)(H,21,23)/t13?,14-,17?/m1/s1. The Bertz CT molecular complexity index is 589. The number of hydrogen-bond acceptors (Lipinski definition) is 3. The van der Waals surface area contributed by atoms with E-state index >= 15 is 0 Å². The van der Waals surface area contributed by atoms with Crippen molar-refractivity contribution in [3.8, 4) is 0 Å². The summed E-state index contributed by atoms with van der Waals surface area (Å²) in [7, 11) is 0. The van der Waals surface area contributed by atoms with Crippen molar-refractivity contribution in [3.63, 3.8) is 0 Å². The summed E-state index contributed by atoms with van der Waals surface area (Å²) in [6.45, 7) is 1.92. The Morgan fingerprint density at radius 1 is 1.43 bits per heavy atom. The summed E-state index contributed by atoms with van der Waals surface area (Å²) in [6, 6.07) is 6.59. The van der Waals surface area contributed by atoms with E-state index in [2.05, 4.69) is 5.32 Å². The van der Waals surface area contributed by atoms with Gasteiger partial charge in [-0.15, -0.1) is 0 Å². The maximum absolute atomic E-state index is 12.7. The molecule has 5 nitrogen and oxygen atoms in total. The number of carbonyl (C=O) groups excluding carboxylic acids is 2. The molecule has 1 aromatic rings. The van der Waals surface area contributed by atoms with Crippen molar-refractivity contribution in [1.29, 1.82) is 0 Å². The molecule has 1 aliphatic carbocycles. The van der Waals surface area contributed by atoms with Gasteiger partial charge in [-0.25, -0.2) is 0 Å². The van der Waals surface area contributed by atoms with Gasteiger partial charge < -0.3 is 16.8 Å². The first-order chi connectivity index (χ1) is 10.8. The van der Waals surface area contributed by atoms with Gasteiger partial charge in [0.25, 0.3) is 0 Å². The summed E-state index contributed by atoms with van der Waals surface area (Å²) in [5.41, 5.74) is 11.9. The van der Waals surface area contributed by atoms with E-state index in [-0.39, 0.29) is 18.2 Å². The summed E-state index contributed by atoms with van der Waals surface area (Å²) >= 11 is 6.01. The number of primary amides is 1. The average molecular weight is 338 g/mol. The van der Waals surface area contributed by atoms with Crippen LogP contribution in [-0.4, -0.2) is 17.4 Å². The molecule has 6 heteroatoms. The molecule has 1 fully saturated rings. The van der Waals surface area contributed by atoms with Crippen LogP contribution >= 0.6 is 11.6 Å². The average Bonchev–Trinajstić information content (AvgIpc) is 2.45. The van der Waals surface area contributed by atoms with Gasteiger partial charge in [0.1, 0.15) is 0 Å². The van der Waals surface area contributed by atoms with Gasteiger partial charge in [0.15, 0.2) is 0 Å². The van der Waals surface area contributed by atoms with Gasteiger partial charge in [0.2, 0.25) is 11.8 Å². The number of rotatable bonds is 5. The van der Waals surface area contributed by atoms with E-state index in [1.807, 2.05) is 13.0 Å². The minimum atomic E-state index is -0.520. The van der Waals surface area contributed by atoms with Crippen molar-refractivity contribution in [1.82, 2.24) is 5.32 Å². The Balaban J connectivity index is 2.17. The van der Waals surface area contributed by atoms with Gasteiger partial charge in [-0.3, -0.25) is 9.59 Å². The second kappa shape index (κ2) is 7.32. The van der Waals surface area contributed by atoms with E-state index in [9.17, 15) is 9.59 Å². The summed E-state index contributed by atoms with van der Waals surface area (Å²) < 4.78 is 0. The molecule has 1 saturated carbocycles. The smallest absolute Gasteiger partial charge is 0.225 e. The van der Waals surface area contributed by atoms with Crippen molar-refractivity contribution in [2.24, 2.45) is 17.4 Å². The highest BCUT2D eigenvalue weighted by Gasteiger charge is 2.38. The van der Waals surface area contributed by atoms with Crippen molar-refractivity contribution in [3.05, 3.63) is 34.9 Å². The molecule has 0 bridgehead atoms. The van der Waals surface area contributed by atoms with Gasteiger partial charge in [0, 0.05) is 10.6 Å². The number of amides is 2. The molecule has 3 atom stereocenters. The van der Waals surface area contributed by atoms with Crippen molar-refractivity contribution in [2.75, 3.05) is 0 Å². The zero-order valence-electron chi connectivity index (χ0n) is 13.3. The number of carbonyl (C=O) groups is 2. The molecule has 0 aromatic heterocycles. The Morgan fingerprint density at radius 3 is 2.78 bits per heavy atom. The molecule has 1 aliphatic rings. The highest BCUT2D eigenvalue weighted by molar-refractivity contribution is 6.30. The van der Waals surface area contributed by atoms with Crippen LogP contribution in [-0.2, 0) is 9.59 Å². The third kappa shape index (κ3) is 4.69. The largest absolute Gasteiger partial charge is 0.370 e. The Labute approximate surface area is 141 Å². The second-order valence-corrected chi connectivity index (χ2v) is 7.03. The Morgan fingerprint density at radius 2 is 2.17 bits per heavy atom. The first-order valence-electron chi connectivity index (χ1n) is 7.92. The second-order valence-electron chi connectivity index (χ2n) is 6.59. The Hall–Kier alpha value is -1.59.